The Morgan fingerprint density at radius 3 is 1.46 bits per heavy atom. The van der Waals surface area contributed by atoms with Gasteiger partial charge in [-0.2, -0.15) is 0 Å². The fourth-order valence-electron chi connectivity index (χ4n) is 2.19. The number of aliphatic hydroxyl groups excluding tert-OH is 3. The number of ketones is 5. The van der Waals surface area contributed by atoms with Crippen LogP contribution in [-0.2, 0) is 24.0 Å². The molecule has 0 fully saturated rings. The van der Waals surface area contributed by atoms with Crippen LogP contribution in [-0.4, -0.2) is 84.0 Å². The molecule has 10 heteroatoms. The summed E-state index contributed by atoms with van der Waals surface area (Å²) in [4.78, 5) is 57.8. The minimum atomic E-state index is -3.72. The Kier molecular flexibility index (Phi) is 6.80. The van der Waals surface area contributed by atoms with E-state index in [9.17, 15) is 49.5 Å². The van der Waals surface area contributed by atoms with Gasteiger partial charge in [-0.1, -0.05) is 0 Å². The smallest absolute Gasteiger partial charge is 0.240 e. The van der Waals surface area contributed by atoms with E-state index in [-0.39, 0.29) is 0 Å². The summed E-state index contributed by atoms with van der Waals surface area (Å²) in [7, 11) is 0. The van der Waals surface area contributed by atoms with Gasteiger partial charge in [0.15, 0.2) is 28.7 Å². The van der Waals surface area contributed by atoms with Crippen LogP contribution in [0.3, 0.4) is 0 Å². The molecule has 24 heavy (non-hydrogen) atoms. The van der Waals surface area contributed by atoms with Gasteiger partial charge in [-0.3, -0.25) is 24.0 Å². The second kappa shape index (κ2) is 7.36. The fraction of sp³-hybridized carbons (Fsp3) is 0.643. The number of hydrogen-bond acceptors (Lipinski definition) is 10. The SMILES string of the molecule is CC(=O)C(=O)[C@@](O)(C(C)=O)[C@](O)(C(C)=O)[C@H](O)[C@H](O)C(O)C(C)=O. The molecule has 0 saturated heterocycles. The van der Waals surface area contributed by atoms with Gasteiger partial charge in [0.25, 0.3) is 0 Å². The van der Waals surface area contributed by atoms with Crippen LogP contribution in [0.1, 0.15) is 27.7 Å². The van der Waals surface area contributed by atoms with Crippen molar-refractivity contribution in [2.24, 2.45) is 0 Å². The summed E-state index contributed by atoms with van der Waals surface area (Å²) < 4.78 is 0. The summed E-state index contributed by atoms with van der Waals surface area (Å²) in [5.41, 5.74) is -7.40. The first-order valence-corrected chi connectivity index (χ1v) is 6.74. The number of carbonyl (C=O) groups is 5. The van der Waals surface area contributed by atoms with Crippen LogP contribution in [0.5, 0.6) is 0 Å². The Balaban J connectivity index is 6.46. The van der Waals surface area contributed by atoms with Gasteiger partial charge in [0.05, 0.1) is 0 Å². The van der Waals surface area contributed by atoms with Crippen molar-refractivity contribution in [1.82, 2.24) is 0 Å². The van der Waals surface area contributed by atoms with E-state index in [1.807, 2.05) is 0 Å². The van der Waals surface area contributed by atoms with Gasteiger partial charge in [-0.25, -0.2) is 0 Å². The minimum absolute atomic E-state index is 0.565. The molecule has 0 radical (unpaired) electrons. The van der Waals surface area contributed by atoms with Crippen molar-refractivity contribution in [3.8, 4) is 0 Å². The zero-order valence-electron chi connectivity index (χ0n) is 13.5. The molecule has 0 spiro atoms. The highest BCUT2D eigenvalue weighted by Crippen LogP contribution is 2.32. The molecule has 10 nitrogen and oxygen atoms in total. The zero-order chi connectivity index (χ0) is 19.6. The Morgan fingerprint density at radius 2 is 1.21 bits per heavy atom. The first kappa shape index (κ1) is 22.1. The van der Waals surface area contributed by atoms with Gasteiger partial charge >= 0.3 is 0 Å². The molecular weight excluding hydrogens is 328 g/mol. The van der Waals surface area contributed by atoms with Crippen molar-refractivity contribution in [3.05, 3.63) is 0 Å². The maximum absolute atomic E-state index is 11.9. The van der Waals surface area contributed by atoms with Crippen LogP contribution in [0.15, 0.2) is 0 Å². The van der Waals surface area contributed by atoms with Crippen LogP contribution in [0.2, 0.25) is 0 Å². The van der Waals surface area contributed by atoms with Crippen molar-refractivity contribution in [1.29, 1.82) is 0 Å². The van der Waals surface area contributed by atoms with Gasteiger partial charge in [-0.05, 0) is 20.8 Å². The second-order valence-corrected chi connectivity index (χ2v) is 5.47. The predicted octanol–water partition coefficient (Wildman–Crippen LogP) is -3.54. The number of Topliss-reactive ketones (excluding diaryl/α,β-unsaturated/α-hetero) is 5. The molecule has 0 aliphatic carbocycles. The summed E-state index contributed by atoms with van der Waals surface area (Å²) in [6.07, 6.45) is -7.68. The lowest BCUT2D eigenvalue weighted by molar-refractivity contribution is -0.220. The summed E-state index contributed by atoms with van der Waals surface area (Å²) in [6.45, 7) is 2.59. The molecule has 0 amide bonds. The molecule has 0 heterocycles. The van der Waals surface area contributed by atoms with Crippen LogP contribution in [0.4, 0.5) is 0 Å². The summed E-state index contributed by atoms with van der Waals surface area (Å²) in [6, 6.07) is 0. The van der Waals surface area contributed by atoms with E-state index in [1.165, 1.54) is 0 Å². The van der Waals surface area contributed by atoms with Crippen molar-refractivity contribution in [3.63, 3.8) is 0 Å². The molecule has 5 atom stereocenters. The van der Waals surface area contributed by atoms with Gasteiger partial charge in [0.1, 0.15) is 18.3 Å². The van der Waals surface area contributed by atoms with Crippen LogP contribution < -0.4 is 0 Å². The van der Waals surface area contributed by atoms with E-state index in [2.05, 4.69) is 0 Å². The molecule has 0 rings (SSSR count). The van der Waals surface area contributed by atoms with Crippen molar-refractivity contribution >= 4 is 28.9 Å². The minimum Gasteiger partial charge on any atom is -0.387 e. The average molecular weight is 348 g/mol. The normalized spacial score (nSPS) is 20.0. The zero-order valence-corrected chi connectivity index (χ0v) is 13.5. The standard InChI is InChI=1S/C14H20O10/c1-5(15)9(19)10(20)12(22)14(24,8(4)18)13(23,7(3)17)11(21)6(2)16/h9-10,12,19-20,22-24H,1-4H3/t9?,10-,12-,13+,14+/m1/s1. The van der Waals surface area contributed by atoms with E-state index in [1.54, 1.807) is 0 Å². The molecule has 0 saturated carbocycles. The number of carbonyl (C=O) groups excluding carboxylic acids is 5. The molecule has 0 aliphatic rings. The highest BCUT2D eigenvalue weighted by molar-refractivity contribution is 6.45. The quantitative estimate of drug-likeness (QED) is 0.206. The van der Waals surface area contributed by atoms with Crippen molar-refractivity contribution in [2.75, 3.05) is 0 Å². The van der Waals surface area contributed by atoms with E-state index in [0.717, 1.165) is 6.92 Å². The van der Waals surface area contributed by atoms with Crippen LogP contribution >= 0.6 is 0 Å². The highest BCUT2D eigenvalue weighted by atomic mass is 16.4. The van der Waals surface area contributed by atoms with E-state index in [4.69, 9.17) is 0 Å². The highest BCUT2D eigenvalue weighted by Gasteiger charge is 2.67. The van der Waals surface area contributed by atoms with Crippen LogP contribution in [0, 0.1) is 0 Å². The first-order valence-electron chi connectivity index (χ1n) is 6.74. The molecule has 136 valence electrons. The van der Waals surface area contributed by atoms with Crippen molar-refractivity contribution in [2.45, 2.75) is 57.2 Å². The Morgan fingerprint density at radius 1 is 0.792 bits per heavy atom. The van der Waals surface area contributed by atoms with Gasteiger partial charge in [0.2, 0.25) is 11.4 Å². The number of aliphatic hydroxyl groups is 5. The molecule has 0 aromatic carbocycles. The topological polar surface area (TPSA) is 186 Å². The second-order valence-electron chi connectivity index (χ2n) is 5.47. The van der Waals surface area contributed by atoms with E-state index in [0.29, 0.717) is 20.8 Å². The molecule has 0 aromatic rings. The Hall–Kier alpha value is -1.85. The first-order chi connectivity index (χ1) is 10.7. The fourth-order valence-corrected chi connectivity index (χ4v) is 2.19. The molecule has 0 aliphatic heterocycles. The van der Waals surface area contributed by atoms with Gasteiger partial charge in [0, 0.05) is 6.92 Å². The summed E-state index contributed by atoms with van der Waals surface area (Å²) in [5, 5.41) is 50.0. The molecule has 1 unspecified atom stereocenters. The lowest BCUT2D eigenvalue weighted by Crippen LogP contribution is -2.75. The maximum Gasteiger partial charge on any atom is 0.240 e. The number of rotatable bonds is 9. The van der Waals surface area contributed by atoms with E-state index < -0.39 is 58.4 Å². The molecule has 0 aromatic heterocycles. The van der Waals surface area contributed by atoms with Gasteiger partial charge < -0.3 is 25.5 Å². The maximum atomic E-state index is 11.9. The lowest BCUT2D eigenvalue weighted by Gasteiger charge is -2.43. The molecule has 5 N–H and O–H groups in total. The monoisotopic (exact) mass is 348 g/mol. The van der Waals surface area contributed by atoms with E-state index >= 15 is 0 Å². The van der Waals surface area contributed by atoms with Crippen LogP contribution in [0.25, 0.3) is 0 Å². The molecular formula is C14H20O10. The summed E-state index contributed by atoms with van der Waals surface area (Å²) >= 11 is 0. The largest absolute Gasteiger partial charge is 0.387 e. The van der Waals surface area contributed by atoms with Crippen molar-refractivity contribution < 1.29 is 49.5 Å². The summed E-state index contributed by atoms with van der Waals surface area (Å²) in [5.74, 6) is -7.52. The third-order valence-corrected chi connectivity index (χ3v) is 3.74. The lowest BCUT2D eigenvalue weighted by atomic mass is 9.68. The Labute approximate surface area is 136 Å². The average Bonchev–Trinajstić information content (AvgIpc) is 2.49. The predicted molar refractivity (Wildman–Crippen MR) is 75.7 cm³/mol. The third-order valence-electron chi connectivity index (χ3n) is 3.74. The third kappa shape index (κ3) is 3.32. The Bertz CT molecular complexity index is 582. The van der Waals surface area contributed by atoms with Gasteiger partial charge in [-0.15, -0.1) is 0 Å². The molecule has 0 bridgehead atoms. The number of hydrogen-bond donors (Lipinski definition) is 5.